The second-order valence-corrected chi connectivity index (χ2v) is 9.96. The summed E-state index contributed by atoms with van der Waals surface area (Å²) in [5.74, 6) is 1.31. The number of hydrogen-bond donors (Lipinski definition) is 0. The number of benzene rings is 2. The van der Waals surface area contributed by atoms with E-state index in [4.69, 9.17) is 15.0 Å². The van der Waals surface area contributed by atoms with Crippen molar-refractivity contribution in [3.8, 4) is 23.0 Å². The van der Waals surface area contributed by atoms with E-state index >= 15 is 0 Å². The van der Waals surface area contributed by atoms with Gasteiger partial charge in [-0.2, -0.15) is 0 Å². The van der Waals surface area contributed by atoms with Crippen LogP contribution in [0.4, 0.5) is 0 Å². The predicted molar refractivity (Wildman–Crippen MR) is 144 cm³/mol. The van der Waals surface area contributed by atoms with E-state index < -0.39 is 0 Å². The van der Waals surface area contributed by atoms with Crippen LogP contribution in [-0.4, -0.2) is 34.1 Å². The first-order chi connectivity index (χ1) is 18.1. The minimum absolute atomic E-state index is 0.388. The average Bonchev–Trinajstić information content (AvgIpc) is 3.49. The highest BCUT2D eigenvalue weighted by molar-refractivity contribution is 6.10. The Morgan fingerprint density at radius 3 is 2.41 bits per heavy atom. The summed E-state index contributed by atoms with van der Waals surface area (Å²) in [6.45, 7) is 4.41. The van der Waals surface area contributed by atoms with E-state index in [0.717, 1.165) is 61.3 Å². The van der Waals surface area contributed by atoms with Gasteiger partial charge in [-0.1, -0.05) is 30.3 Å². The smallest absolute Gasteiger partial charge is 0.196 e. The second kappa shape index (κ2) is 7.07. The number of imidazole rings is 1. The normalized spacial score (nSPS) is 13.9. The lowest BCUT2D eigenvalue weighted by Crippen LogP contribution is -2.28. The summed E-state index contributed by atoms with van der Waals surface area (Å²) in [6, 6.07) is 20.4. The molecule has 0 atom stereocenters. The number of pyridine rings is 2. The van der Waals surface area contributed by atoms with Crippen LogP contribution in [0.25, 0.3) is 55.9 Å². The van der Waals surface area contributed by atoms with Gasteiger partial charge in [0.25, 0.3) is 0 Å². The monoisotopic (exact) mass is 479 g/mol. The van der Waals surface area contributed by atoms with Crippen molar-refractivity contribution in [2.45, 2.75) is 19.3 Å². The molecule has 7 aromatic rings. The SMILES string of the molecule is CC1(C)c2nc(-c3nc4ccccc4n3-c3ccccc3)ncc2-n2c3ccncc3c3cncc1c32. The Hall–Kier alpha value is -4.91. The Morgan fingerprint density at radius 1 is 0.703 bits per heavy atom. The van der Waals surface area contributed by atoms with Gasteiger partial charge in [0.2, 0.25) is 0 Å². The number of hydrogen-bond acceptors (Lipinski definition) is 5. The highest BCUT2D eigenvalue weighted by Crippen LogP contribution is 2.46. The van der Waals surface area contributed by atoms with Crippen molar-refractivity contribution in [1.29, 1.82) is 0 Å². The van der Waals surface area contributed by atoms with E-state index in [0.29, 0.717) is 5.82 Å². The van der Waals surface area contributed by atoms with Crippen molar-refractivity contribution in [2.75, 3.05) is 0 Å². The molecule has 0 bridgehead atoms. The summed E-state index contributed by atoms with van der Waals surface area (Å²) in [5, 5.41) is 2.17. The van der Waals surface area contributed by atoms with E-state index in [2.05, 4.69) is 51.1 Å². The van der Waals surface area contributed by atoms with E-state index in [1.54, 1.807) is 0 Å². The number of nitrogens with zero attached hydrogens (tertiary/aromatic N) is 7. The third kappa shape index (κ3) is 2.63. The average molecular weight is 480 g/mol. The van der Waals surface area contributed by atoms with Crippen LogP contribution >= 0.6 is 0 Å². The molecule has 1 aliphatic rings. The summed E-state index contributed by atoms with van der Waals surface area (Å²) in [4.78, 5) is 24.1. The summed E-state index contributed by atoms with van der Waals surface area (Å²) < 4.78 is 4.39. The van der Waals surface area contributed by atoms with Gasteiger partial charge in [0.15, 0.2) is 11.6 Å². The van der Waals surface area contributed by atoms with Crippen molar-refractivity contribution in [3.05, 3.63) is 103 Å². The molecular formula is C30H21N7. The molecule has 0 fully saturated rings. The minimum Gasteiger partial charge on any atom is -0.305 e. The van der Waals surface area contributed by atoms with Crippen molar-refractivity contribution in [2.24, 2.45) is 0 Å². The lowest BCUT2D eigenvalue weighted by Gasteiger charge is -2.32. The molecule has 0 spiro atoms. The Morgan fingerprint density at radius 2 is 1.51 bits per heavy atom. The highest BCUT2D eigenvalue weighted by Gasteiger charge is 2.38. The Bertz CT molecular complexity index is 2020. The first-order valence-corrected chi connectivity index (χ1v) is 12.3. The maximum atomic E-state index is 5.23. The number of rotatable bonds is 2. The van der Waals surface area contributed by atoms with Crippen LogP contribution in [0.3, 0.4) is 0 Å². The zero-order valence-corrected chi connectivity index (χ0v) is 20.3. The second-order valence-electron chi connectivity index (χ2n) is 9.96. The summed E-state index contributed by atoms with van der Waals surface area (Å²) in [6.07, 6.45) is 9.58. The fourth-order valence-electron chi connectivity index (χ4n) is 5.76. The van der Waals surface area contributed by atoms with Crippen molar-refractivity contribution >= 4 is 32.8 Å². The minimum atomic E-state index is -0.388. The summed E-state index contributed by atoms with van der Waals surface area (Å²) >= 11 is 0. The van der Waals surface area contributed by atoms with Gasteiger partial charge in [-0.15, -0.1) is 0 Å². The maximum Gasteiger partial charge on any atom is 0.196 e. The Kier molecular flexibility index (Phi) is 3.88. The standard InChI is InChI=1S/C30H21N7/c1-30(2)21-16-32-15-20-19-14-31-13-12-23(19)37(26(20)21)25-17-33-28(35-27(25)30)29-34-22-10-6-7-11-24(22)36(29)18-8-4-3-5-9-18/h3-17H,1-2H3. The van der Waals surface area contributed by atoms with Gasteiger partial charge >= 0.3 is 0 Å². The summed E-state index contributed by atoms with van der Waals surface area (Å²) in [5.41, 5.74) is 7.82. The van der Waals surface area contributed by atoms with E-state index in [1.165, 1.54) is 0 Å². The molecule has 0 saturated carbocycles. The number of para-hydroxylation sites is 3. The van der Waals surface area contributed by atoms with Gasteiger partial charge in [-0.05, 0) is 44.2 Å². The molecule has 8 rings (SSSR count). The Labute approximate surface area is 212 Å². The predicted octanol–water partition coefficient (Wildman–Crippen LogP) is 6.01. The maximum absolute atomic E-state index is 5.23. The molecule has 0 unspecified atom stereocenters. The van der Waals surface area contributed by atoms with Gasteiger partial charge in [-0.25, -0.2) is 15.0 Å². The molecule has 7 heteroatoms. The first kappa shape index (κ1) is 20.3. The van der Waals surface area contributed by atoms with Crippen molar-refractivity contribution in [1.82, 2.24) is 34.1 Å². The number of aromatic nitrogens is 7. The van der Waals surface area contributed by atoms with Gasteiger partial charge in [0, 0.05) is 52.2 Å². The fourth-order valence-corrected chi connectivity index (χ4v) is 5.76. The molecule has 7 nitrogen and oxygen atoms in total. The summed E-state index contributed by atoms with van der Waals surface area (Å²) in [7, 11) is 0. The molecule has 37 heavy (non-hydrogen) atoms. The van der Waals surface area contributed by atoms with Gasteiger partial charge in [0.05, 0.1) is 39.6 Å². The van der Waals surface area contributed by atoms with Gasteiger partial charge < -0.3 is 4.57 Å². The highest BCUT2D eigenvalue weighted by atomic mass is 15.1. The molecule has 1 aliphatic heterocycles. The third-order valence-electron chi connectivity index (χ3n) is 7.52. The lowest BCUT2D eigenvalue weighted by molar-refractivity contribution is 0.600. The van der Waals surface area contributed by atoms with Gasteiger partial charge in [0.1, 0.15) is 0 Å². The fraction of sp³-hybridized carbons (Fsp3) is 0.100. The van der Waals surface area contributed by atoms with Gasteiger partial charge in [-0.3, -0.25) is 14.5 Å². The molecule has 0 aliphatic carbocycles. The van der Waals surface area contributed by atoms with Crippen LogP contribution in [-0.2, 0) is 5.41 Å². The molecule has 0 amide bonds. The molecule has 0 N–H and O–H groups in total. The molecule has 2 aromatic carbocycles. The lowest BCUT2D eigenvalue weighted by atomic mass is 9.78. The first-order valence-electron chi connectivity index (χ1n) is 12.3. The quantitative estimate of drug-likeness (QED) is 0.304. The largest absolute Gasteiger partial charge is 0.305 e. The van der Waals surface area contributed by atoms with E-state index in [9.17, 15) is 0 Å². The third-order valence-corrected chi connectivity index (χ3v) is 7.52. The van der Waals surface area contributed by atoms with Crippen LogP contribution in [0.2, 0.25) is 0 Å². The molecule has 176 valence electrons. The van der Waals surface area contributed by atoms with Crippen LogP contribution in [0, 0.1) is 0 Å². The number of fused-ring (bicyclic) bond motifs is 6. The molecule has 0 radical (unpaired) electrons. The van der Waals surface area contributed by atoms with E-state index in [1.807, 2.05) is 73.4 Å². The van der Waals surface area contributed by atoms with Crippen molar-refractivity contribution < 1.29 is 0 Å². The topological polar surface area (TPSA) is 74.3 Å². The zero-order valence-electron chi connectivity index (χ0n) is 20.3. The molecule has 0 saturated heterocycles. The van der Waals surface area contributed by atoms with Crippen LogP contribution < -0.4 is 0 Å². The van der Waals surface area contributed by atoms with Crippen molar-refractivity contribution in [3.63, 3.8) is 0 Å². The van der Waals surface area contributed by atoms with Crippen LogP contribution in [0.15, 0.2) is 91.6 Å². The van der Waals surface area contributed by atoms with Crippen LogP contribution in [0.5, 0.6) is 0 Å². The molecular weight excluding hydrogens is 458 g/mol. The Balaban J connectivity index is 1.44. The molecule has 5 aromatic heterocycles. The van der Waals surface area contributed by atoms with Crippen LogP contribution in [0.1, 0.15) is 25.1 Å². The van der Waals surface area contributed by atoms with E-state index in [-0.39, 0.29) is 5.41 Å². The zero-order chi connectivity index (χ0) is 24.7. The molecule has 6 heterocycles.